The van der Waals surface area contributed by atoms with Crippen LogP contribution in [0.5, 0.6) is 0 Å². The normalized spacial score (nSPS) is 14.7. The molecule has 0 spiro atoms. The zero-order valence-electron chi connectivity index (χ0n) is 62.3. The molecule has 0 rings (SSSR count). The molecule has 95 heavy (non-hydrogen) atoms. The largest absolute Gasteiger partial charge is 0.472 e. The van der Waals surface area contributed by atoms with E-state index >= 15 is 0 Å². The van der Waals surface area contributed by atoms with Crippen LogP contribution in [0.25, 0.3) is 0 Å². The first-order valence-electron chi connectivity index (χ1n) is 39.3. The summed E-state index contributed by atoms with van der Waals surface area (Å²) in [7, 11) is -9.91. The first-order valence-corrected chi connectivity index (χ1v) is 42.3. The molecule has 3 N–H and O–H groups in total. The molecule has 564 valence electrons. The van der Waals surface area contributed by atoms with Crippen LogP contribution in [0.1, 0.15) is 383 Å². The van der Waals surface area contributed by atoms with E-state index in [0.29, 0.717) is 31.6 Å². The number of rotatable bonds is 73. The average Bonchev–Trinajstić information content (AvgIpc) is 1.49. The highest BCUT2D eigenvalue weighted by Crippen LogP contribution is 2.45. The summed E-state index contributed by atoms with van der Waals surface area (Å²) in [6.45, 7) is 14.2. The molecule has 0 fully saturated rings. The standard InChI is InChI=1S/C76H148O17P2/c1-9-68(7)54-46-38-30-22-15-13-11-12-14-16-25-33-42-50-58-75(80)93-72(63-87-74(79)57-49-41-35-27-29-37-45-53-67(5)6)65-91-95(84,85)89-61-70(77)60-88-94(82,83)90-64-71(62-86-73(78)56-48-40-32-24-19-17-21-28-36-44-52-66(3)4)92-76(81)59-51-43-34-26-20-18-23-31-39-47-55-69(8)10-2/h66-72,77H,9-65H2,1-8H3,(H,82,83)(H,84,85)/t68?,69?,70?,71-,72-/m1/s1. The molecule has 0 saturated carbocycles. The van der Waals surface area contributed by atoms with Gasteiger partial charge in [0, 0.05) is 25.7 Å². The van der Waals surface area contributed by atoms with E-state index in [1.165, 1.54) is 180 Å². The second kappa shape index (κ2) is 65.4. The monoisotopic (exact) mass is 1400 g/mol. The van der Waals surface area contributed by atoms with Gasteiger partial charge in [0.25, 0.3) is 0 Å². The van der Waals surface area contributed by atoms with Crippen LogP contribution >= 0.6 is 15.6 Å². The van der Waals surface area contributed by atoms with Crippen LogP contribution < -0.4 is 0 Å². The van der Waals surface area contributed by atoms with Crippen LogP contribution in [-0.4, -0.2) is 96.7 Å². The van der Waals surface area contributed by atoms with E-state index in [2.05, 4.69) is 55.4 Å². The van der Waals surface area contributed by atoms with Crippen molar-refractivity contribution in [2.24, 2.45) is 23.7 Å². The maximum absolute atomic E-state index is 13.1. The minimum atomic E-state index is -4.96. The molecular weight excluding hydrogens is 1250 g/mol. The molecule has 19 heteroatoms. The van der Waals surface area contributed by atoms with Crippen molar-refractivity contribution in [1.29, 1.82) is 0 Å². The fourth-order valence-electron chi connectivity index (χ4n) is 11.5. The number of phosphoric acid groups is 2. The molecule has 0 aliphatic carbocycles. The summed E-state index contributed by atoms with van der Waals surface area (Å²) >= 11 is 0. The second-order valence-electron chi connectivity index (χ2n) is 28.8. The van der Waals surface area contributed by atoms with Crippen molar-refractivity contribution in [1.82, 2.24) is 0 Å². The van der Waals surface area contributed by atoms with E-state index < -0.39 is 97.5 Å². The molecule has 0 saturated heterocycles. The molecule has 0 aromatic rings. The number of unbranched alkanes of at least 4 members (excludes halogenated alkanes) is 37. The number of carbonyl (C=O) groups is 4. The Morgan fingerprint density at radius 1 is 0.295 bits per heavy atom. The summed E-state index contributed by atoms with van der Waals surface area (Å²) in [5.41, 5.74) is 0. The Balaban J connectivity index is 5.25. The van der Waals surface area contributed by atoms with Crippen LogP contribution in [0.15, 0.2) is 0 Å². The number of carbonyl (C=O) groups excluding carboxylic acids is 4. The van der Waals surface area contributed by atoms with E-state index in [1.807, 2.05) is 0 Å². The number of hydrogen-bond donors (Lipinski definition) is 3. The van der Waals surface area contributed by atoms with Crippen LogP contribution in [-0.2, 0) is 65.4 Å². The maximum Gasteiger partial charge on any atom is 0.472 e. The average molecular weight is 1400 g/mol. The van der Waals surface area contributed by atoms with E-state index in [-0.39, 0.29) is 25.7 Å². The number of hydrogen-bond acceptors (Lipinski definition) is 15. The Bertz CT molecular complexity index is 1870. The lowest BCUT2D eigenvalue weighted by Crippen LogP contribution is -2.30. The highest BCUT2D eigenvalue weighted by molar-refractivity contribution is 7.47. The Hall–Kier alpha value is -1.94. The Kier molecular flexibility index (Phi) is 64.0. The van der Waals surface area contributed by atoms with Crippen molar-refractivity contribution in [2.75, 3.05) is 39.6 Å². The molecule has 0 aliphatic rings. The van der Waals surface area contributed by atoms with Gasteiger partial charge in [0.05, 0.1) is 26.4 Å². The van der Waals surface area contributed by atoms with Gasteiger partial charge < -0.3 is 33.8 Å². The van der Waals surface area contributed by atoms with Crippen molar-refractivity contribution in [3.63, 3.8) is 0 Å². The number of aliphatic hydroxyl groups excluding tert-OH is 1. The first kappa shape index (κ1) is 93.1. The summed E-state index contributed by atoms with van der Waals surface area (Å²) in [5, 5.41) is 10.6. The van der Waals surface area contributed by atoms with Gasteiger partial charge in [-0.1, -0.05) is 331 Å². The number of ether oxygens (including phenoxy) is 4. The SMILES string of the molecule is CCC(C)CCCCCCCCCCCCCCCCC(=O)O[C@H](COC(=O)CCCCCCCCCC(C)C)COP(=O)(O)OCC(O)COP(=O)(O)OC[C@@H](COC(=O)CCCCCCCCCCCCC(C)C)OC(=O)CCCCCCCCCCCCC(C)CC. The molecule has 0 bridgehead atoms. The highest BCUT2D eigenvalue weighted by atomic mass is 31.2. The topological polar surface area (TPSA) is 237 Å². The molecule has 0 aromatic carbocycles. The fourth-order valence-corrected chi connectivity index (χ4v) is 13.1. The van der Waals surface area contributed by atoms with Crippen molar-refractivity contribution < 1.29 is 80.2 Å². The lowest BCUT2D eigenvalue weighted by molar-refractivity contribution is -0.161. The zero-order valence-corrected chi connectivity index (χ0v) is 64.1. The summed E-state index contributed by atoms with van der Waals surface area (Å²) < 4.78 is 68.5. The van der Waals surface area contributed by atoms with Gasteiger partial charge in [0.1, 0.15) is 19.3 Å². The summed E-state index contributed by atoms with van der Waals surface area (Å²) in [4.78, 5) is 72.8. The predicted molar refractivity (Wildman–Crippen MR) is 386 cm³/mol. The van der Waals surface area contributed by atoms with Gasteiger partial charge in [-0.25, -0.2) is 9.13 Å². The Morgan fingerprint density at radius 3 is 0.747 bits per heavy atom. The van der Waals surface area contributed by atoms with Crippen molar-refractivity contribution >= 4 is 39.5 Å². The molecule has 7 atom stereocenters. The van der Waals surface area contributed by atoms with E-state index in [0.717, 1.165) is 114 Å². The molecule has 0 amide bonds. The number of phosphoric ester groups is 2. The molecule has 0 heterocycles. The molecule has 0 radical (unpaired) electrons. The van der Waals surface area contributed by atoms with Gasteiger partial charge in [-0.15, -0.1) is 0 Å². The van der Waals surface area contributed by atoms with Crippen LogP contribution in [0.2, 0.25) is 0 Å². The van der Waals surface area contributed by atoms with Gasteiger partial charge in [0.15, 0.2) is 12.2 Å². The van der Waals surface area contributed by atoms with Gasteiger partial charge >= 0.3 is 39.5 Å². The molecule has 0 aliphatic heterocycles. The van der Waals surface area contributed by atoms with Gasteiger partial charge in [0.2, 0.25) is 0 Å². The third kappa shape index (κ3) is 67.6. The minimum Gasteiger partial charge on any atom is -0.462 e. The zero-order chi connectivity index (χ0) is 70.3. The Morgan fingerprint density at radius 2 is 0.505 bits per heavy atom. The van der Waals surface area contributed by atoms with E-state index in [1.54, 1.807) is 0 Å². The van der Waals surface area contributed by atoms with E-state index in [9.17, 15) is 43.2 Å². The van der Waals surface area contributed by atoms with Crippen LogP contribution in [0.4, 0.5) is 0 Å². The van der Waals surface area contributed by atoms with Crippen molar-refractivity contribution in [2.45, 2.75) is 401 Å². The molecule has 5 unspecified atom stereocenters. The molecule has 0 aromatic heterocycles. The predicted octanol–water partition coefficient (Wildman–Crippen LogP) is 22.0. The smallest absolute Gasteiger partial charge is 0.462 e. The minimum absolute atomic E-state index is 0.106. The summed E-state index contributed by atoms with van der Waals surface area (Å²) in [6.07, 6.45) is 49.9. The summed E-state index contributed by atoms with van der Waals surface area (Å²) in [5.74, 6) is 0.991. The third-order valence-electron chi connectivity index (χ3n) is 18.3. The van der Waals surface area contributed by atoms with Crippen molar-refractivity contribution in [3.8, 4) is 0 Å². The molecular formula is C76H148O17P2. The van der Waals surface area contributed by atoms with E-state index in [4.69, 9.17) is 37.0 Å². The quantitative estimate of drug-likeness (QED) is 0.0222. The lowest BCUT2D eigenvalue weighted by atomic mass is 9.99. The highest BCUT2D eigenvalue weighted by Gasteiger charge is 2.30. The van der Waals surface area contributed by atoms with Gasteiger partial charge in [-0.2, -0.15) is 0 Å². The summed E-state index contributed by atoms with van der Waals surface area (Å²) in [6, 6.07) is 0. The van der Waals surface area contributed by atoms with Gasteiger partial charge in [-0.05, 0) is 49.4 Å². The van der Waals surface area contributed by atoms with Crippen LogP contribution in [0, 0.1) is 23.7 Å². The maximum atomic E-state index is 13.1. The van der Waals surface area contributed by atoms with Gasteiger partial charge in [-0.3, -0.25) is 37.3 Å². The van der Waals surface area contributed by atoms with Crippen molar-refractivity contribution in [3.05, 3.63) is 0 Å². The second-order valence-corrected chi connectivity index (χ2v) is 31.7. The first-order chi connectivity index (χ1) is 45.7. The Labute approximate surface area is 581 Å². The third-order valence-corrected chi connectivity index (χ3v) is 20.2. The fraction of sp³-hybridized carbons (Fsp3) is 0.947. The lowest BCUT2D eigenvalue weighted by Gasteiger charge is -2.21. The number of esters is 4. The van der Waals surface area contributed by atoms with Crippen LogP contribution in [0.3, 0.4) is 0 Å². The number of aliphatic hydroxyl groups is 1. The molecule has 17 nitrogen and oxygen atoms in total.